The number of aromatic nitrogens is 2. The van der Waals surface area contributed by atoms with Gasteiger partial charge in [-0.3, -0.25) is 0 Å². The normalized spacial score (nSPS) is 10.5. The van der Waals surface area contributed by atoms with E-state index < -0.39 is 5.97 Å². The number of benzene rings is 2. The maximum absolute atomic E-state index is 11.8. The number of phenols is 1. The first-order chi connectivity index (χ1) is 15.4. The summed E-state index contributed by atoms with van der Waals surface area (Å²) in [5.41, 5.74) is 1.11. The molecule has 10 heteroatoms. The number of thioether (sulfide) groups is 1. The minimum Gasteiger partial charge on any atom is -0.503 e. The van der Waals surface area contributed by atoms with Gasteiger partial charge in [-0.2, -0.15) is 5.26 Å². The summed E-state index contributed by atoms with van der Waals surface area (Å²) < 4.78 is 5.15. The SMILES string of the molecule is CCc1c(C(=O)O)cc(OC)c(O)c1Nc1nc(-c2ccccc2Cl)nc(SC)c1C#N. The van der Waals surface area contributed by atoms with E-state index >= 15 is 0 Å². The molecule has 0 radical (unpaired) electrons. The number of carboxylic acid groups (broad SMARTS) is 1. The van der Waals surface area contributed by atoms with Gasteiger partial charge in [-0.25, -0.2) is 14.8 Å². The second-order valence-corrected chi connectivity index (χ2v) is 7.69. The summed E-state index contributed by atoms with van der Waals surface area (Å²) in [6.07, 6.45) is 2.06. The van der Waals surface area contributed by atoms with E-state index in [1.807, 2.05) is 0 Å². The number of aromatic hydroxyl groups is 1. The second-order valence-electron chi connectivity index (χ2n) is 6.48. The molecule has 0 saturated heterocycles. The van der Waals surface area contributed by atoms with Gasteiger partial charge in [-0.05, 0) is 36.4 Å². The average molecular weight is 471 g/mol. The van der Waals surface area contributed by atoms with Gasteiger partial charge in [0, 0.05) is 5.56 Å². The minimum atomic E-state index is -1.17. The second kappa shape index (κ2) is 9.77. The maximum atomic E-state index is 11.8. The van der Waals surface area contributed by atoms with Crippen LogP contribution in [-0.2, 0) is 6.42 Å². The third kappa shape index (κ3) is 4.28. The van der Waals surface area contributed by atoms with Crippen molar-refractivity contribution in [2.75, 3.05) is 18.7 Å². The summed E-state index contributed by atoms with van der Waals surface area (Å²) in [5, 5.41) is 34.0. The molecule has 2 aromatic carbocycles. The van der Waals surface area contributed by atoms with Gasteiger partial charge in [0.2, 0.25) is 0 Å². The van der Waals surface area contributed by atoms with Gasteiger partial charge in [-0.15, -0.1) is 11.8 Å². The van der Waals surface area contributed by atoms with Gasteiger partial charge in [0.15, 0.2) is 23.1 Å². The molecule has 164 valence electrons. The largest absolute Gasteiger partial charge is 0.503 e. The van der Waals surface area contributed by atoms with Crippen molar-refractivity contribution in [2.45, 2.75) is 18.4 Å². The summed E-state index contributed by atoms with van der Waals surface area (Å²) in [4.78, 5) is 20.8. The Kier molecular flexibility index (Phi) is 7.08. The first-order valence-corrected chi connectivity index (χ1v) is 11.0. The van der Waals surface area contributed by atoms with Crippen LogP contribution in [0.5, 0.6) is 11.5 Å². The summed E-state index contributed by atoms with van der Waals surface area (Å²) in [5.74, 6) is -1.10. The molecule has 0 aliphatic rings. The predicted molar refractivity (Wildman–Crippen MR) is 123 cm³/mol. The Labute approximate surface area is 193 Å². The molecule has 0 unspecified atom stereocenters. The lowest BCUT2D eigenvalue weighted by Gasteiger charge is -2.19. The summed E-state index contributed by atoms with van der Waals surface area (Å²) in [6.45, 7) is 1.76. The van der Waals surface area contributed by atoms with Crippen molar-refractivity contribution in [3.05, 3.63) is 52.0 Å². The van der Waals surface area contributed by atoms with Crippen LogP contribution in [-0.4, -0.2) is 39.5 Å². The van der Waals surface area contributed by atoms with Crippen LogP contribution in [0.15, 0.2) is 35.4 Å². The van der Waals surface area contributed by atoms with Crippen molar-refractivity contribution < 1.29 is 19.7 Å². The van der Waals surface area contributed by atoms with E-state index in [9.17, 15) is 20.3 Å². The number of ether oxygens (including phenoxy) is 1. The minimum absolute atomic E-state index is 0.0221. The molecule has 8 nitrogen and oxygen atoms in total. The summed E-state index contributed by atoms with van der Waals surface area (Å²) >= 11 is 7.57. The fourth-order valence-corrected chi connectivity index (χ4v) is 3.94. The molecule has 0 saturated carbocycles. The van der Waals surface area contributed by atoms with Crippen molar-refractivity contribution in [1.29, 1.82) is 5.26 Å². The van der Waals surface area contributed by atoms with E-state index in [0.717, 1.165) is 0 Å². The number of hydrogen-bond donors (Lipinski definition) is 3. The Morgan fingerprint density at radius 2 is 2.06 bits per heavy atom. The number of nitrogens with zero attached hydrogens (tertiary/aromatic N) is 3. The fraction of sp³-hybridized carbons (Fsp3) is 0.182. The molecule has 32 heavy (non-hydrogen) atoms. The Balaban J connectivity index is 2.29. The molecule has 3 N–H and O–H groups in total. The number of nitrogens with one attached hydrogen (secondary N) is 1. The molecule has 3 aromatic rings. The number of carbonyl (C=O) groups is 1. The first kappa shape index (κ1) is 23.2. The number of nitriles is 1. The molecule has 0 aliphatic carbocycles. The monoisotopic (exact) mass is 470 g/mol. The van der Waals surface area contributed by atoms with Crippen LogP contribution < -0.4 is 10.1 Å². The number of hydrogen-bond acceptors (Lipinski definition) is 8. The van der Waals surface area contributed by atoms with Crippen LogP contribution in [0.2, 0.25) is 5.02 Å². The molecule has 3 rings (SSSR count). The fourth-order valence-electron chi connectivity index (χ4n) is 3.20. The van der Waals surface area contributed by atoms with E-state index in [0.29, 0.717) is 27.6 Å². The van der Waals surface area contributed by atoms with Crippen molar-refractivity contribution in [3.63, 3.8) is 0 Å². The maximum Gasteiger partial charge on any atom is 0.336 e. The molecule has 0 amide bonds. The van der Waals surface area contributed by atoms with E-state index in [-0.39, 0.29) is 40.0 Å². The number of phenolic OH excluding ortho intramolecular Hbond substituents is 1. The molecule has 1 heterocycles. The van der Waals surface area contributed by atoms with Gasteiger partial charge >= 0.3 is 5.97 Å². The van der Waals surface area contributed by atoms with Crippen molar-refractivity contribution in [3.8, 4) is 29.0 Å². The number of aromatic carboxylic acids is 1. The Bertz CT molecular complexity index is 1240. The predicted octanol–water partition coefficient (Wildman–Crippen LogP) is 5.11. The van der Waals surface area contributed by atoms with Gasteiger partial charge in [0.25, 0.3) is 0 Å². The molecular weight excluding hydrogens is 452 g/mol. The summed E-state index contributed by atoms with van der Waals surface area (Å²) in [7, 11) is 1.32. The zero-order chi connectivity index (χ0) is 23.4. The lowest BCUT2D eigenvalue weighted by Crippen LogP contribution is -2.09. The lowest BCUT2D eigenvalue weighted by atomic mass is 10.0. The highest BCUT2D eigenvalue weighted by Crippen LogP contribution is 2.42. The standard InChI is InChI=1S/C22H19ClN4O4S/c1-4-11-13(22(29)30)9-16(31-2)18(28)17(11)25-20-14(10-24)21(32-3)27-19(26-20)12-7-5-6-8-15(12)23/h5-9,28H,4H2,1-3H3,(H,29,30)(H,25,26,27). The zero-order valence-corrected chi connectivity index (χ0v) is 19.0. The first-order valence-electron chi connectivity index (χ1n) is 9.40. The third-order valence-corrected chi connectivity index (χ3v) is 5.73. The van der Waals surface area contributed by atoms with Gasteiger partial charge in [0.05, 0.1) is 23.4 Å². The topological polar surface area (TPSA) is 128 Å². The van der Waals surface area contributed by atoms with Crippen LogP contribution in [0.4, 0.5) is 11.5 Å². The van der Waals surface area contributed by atoms with Gasteiger partial charge in [0.1, 0.15) is 16.7 Å². The number of rotatable bonds is 7. The van der Waals surface area contributed by atoms with Crippen molar-refractivity contribution >= 4 is 40.8 Å². The molecule has 0 atom stereocenters. The van der Waals surface area contributed by atoms with Crippen LogP contribution in [0, 0.1) is 11.3 Å². The van der Waals surface area contributed by atoms with E-state index in [1.54, 1.807) is 37.4 Å². The Morgan fingerprint density at radius 1 is 1.34 bits per heavy atom. The van der Waals surface area contributed by atoms with E-state index in [2.05, 4.69) is 21.4 Å². The Morgan fingerprint density at radius 3 is 2.62 bits per heavy atom. The van der Waals surface area contributed by atoms with Crippen molar-refractivity contribution in [2.24, 2.45) is 0 Å². The quantitative estimate of drug-likeness (QED) is 0.245. The molecule has 1 aromatic heterocycles. The van der Waals surface area contributed by atoms with Crippen LogP contribution in [0.3, 0.4) is 0 Å². The molecule has 0 spiro atoms. The van der Waals surface area contributed by atoms with E-state index in [1.165, 1.54) is 24.9 Å². The number of methoxy groups -OCH3 is 1. The van der Waals surface area contributed by atoms with Crippen LogP contribution >= 0.6 is 23.4 Å². The molecular formula is C22H19ClN4O4S. The molecule has 0 bridgehead atoms. The smallest absolute Gasteiger partial charge is 0.336 e. The van der Waals surface area contributed by atoms with Gasteiger partial charge < -0.3 is 20.3 Å². The molecule has 0 aliphatic heterocycles. The van der Waals surface area contributed by atoms with E-state index in [4.69, 9.17) is 16.3 Å². The lowest BCUT2D eigenvalue weighted by molar-refractivity contribution is 0.0695. The zero-order valence-electron chi connectivity index (χ0n) is 17.4. The van der Waals surface area contributed by atoms with Gasteiger partial charge in [-0.1, -0.05) is 30.7 Å². The molecule has 0 fully saturated rings. The third-order valence-electron chi connectivity index (χ3n) is 4.72. The van der Waals surface area contributed by atoms with Crippen LogP contribution in [0.1, 0.15) is 28.4 Å². The average Bonchev–Trinajstić information content (AvgIpc) is 2.79. The summed E-state index contributed by atoms with van der Waals surface area (Å²) in [6, 6.07) is 10.4. The number of halogens is 1. The highest BCUT2D eigenvalue weighted by atomic mass is 35.5. The number of anilines is 2. The van der Waals surface area contributed by atoms with Crippen molar-refractivity contribution in [1.82, 2.24) is 9.97 Å². The highest BCUT2D eigenvalue weighted by molar-refractivity contribution is 7.98. The Hall–Kier alpha value is -3.48. The highest BCUT2D eigenvalue weighted by Gasteiger charge is 2.24. The van der Waals surface area contributed by atoms with Crippen LogP contribution in [0.25, 0.3) is 11.4 Å². The number of carboxylic acids is 1.